The standard InChI is InChI=1S/C22H28N6O2S2/c1-4-28-9-5-6-16(28)11-26-32(29,30)17-8-7-14(2)18(10-17)19-12-25-22(23)21(27-19)20-13-24-15(3)31-20/h7-8,10,12-13,16,26H,4-6,9,11H2,1-3H3,(H2,23,25)/t16-/m1/s1. The van der Waals surface area contributed by atoms with Crippen LogP contribution in [0.15, 0.2) is 35.5 Å². The third-order valence-electron chi connectivity index (χ3n) is 5.86. The maximum atomic E-state index is 13.0. The number of anilines is 1. The number of benzene rings is 1. The molecule has 4 rings (SSSR count). The molecule has 2 aromatic heterocycles. The number of aryl methyl sites for hydroxylation is 2. The summed E-state index contributed by atoms with van der Waals surface area (Å²) in [6, 6.07) is 5.33. The zero-order valence-corrected chi connectivity index (χ0v) is 20.1. The molecule has 1 aliphatic rings. The van der Waals surface area contributed by atoms with Crippen LogP contribution < -0.4 is 10.5 Å². The van der Waals surface area contributed by atoms with Crippen LogP contribution in [-0.2, 0) is 10.0 Å². The van der Waals surface area contributed by atoms with Gasteiger partial charge in [-0.25, -0.2) is 28.1 Å². The van der Waals surface area contributed by atoms with E-state index in [1.54, 1.807) is 30.6 Å². The molecular weight excluding hydrogens is 444 g/mol. The molecule has 10 heteroatoms. The first kappa shape index (κ1) is 22.8. The van der Waals surface area contributed by atoms with Crippen LogP contribution in [0.2, 0.25) is 0 Å². The predicted octanol–water partition coefficient (Wildman–Crippen LogP) is 3.23. The normalized spacial score (nSPS) is 17.2. The van der Waals surface area contributed by atoms with E-state index in [1.807, 2.05) is 13.8 Å². The van der Waals surface area contributed by atoms with Crippen LogP contribution >= 0.6 is 11.3 Å². The molecule has 0 unspecified atom stereocenters. The number of aromatic nitrogens is 3. The monoisotopic (exact) mass is 472 g/mol. The lowest BCUT2D eigenvalue weighted by molar-refractivity contribution is 0.268. The van der Waals surface area contributed by atoms with E-state index in [0.717, 1.165) is 41.4 Å². The van der Waals surface area contributed by atoms with Crippen molar-refractivity contribution in [2.75, 3.05) is 25.4 Å². The average Bonchev–Trinajstić information content (AvgIpc) is 3.41. The summed E-state index contributed by atoms with van der Waals surface area (Å²) in [5.74, 6) is 0.317. The fourth-order valence-electron chi connectivity index (χ4n) is 4.06. The molecule has 0 saturated carbocycles. The second-order valence-corrected chi connectivity index (χ2v) is 11.0. The number of nitrogens with one attached hydrogen (secondary N) is 1. The van der Waals surface area contributed by atoms with Crippen LogP contribution in [0.4, 0.5) is 5.82 Å². The Morgan fingerprint density at radius 1 is 1.25 bits per heavy atom. The van der Waals surface area contributed by atoms with Crippen LogP contribution in [0.1, 0.15) is 30.3 Å². The third-order valence-corrected chi connectivity index (χ3v) is 8.21. The lowest BCUT2D eigenvalue weighted by atomic mass is 10.1. The van der Waals surface area contributed by atoms with Crippen molar-refractivity contribution in [3.63, 3.8) is 0 Å². The van der Waals surface area contributed by atoms with E-state index in [-0.39, 0.29) is 10.9 Å². The molecule has 0 radical (unpaired) electrons. The lowest BCUT2D eigenvalue weighted by Crippen LogP contribution is -2.40. The number of sulfonamides is 1. The number of thiazole rings is 1. The van der Waals surface area contributed by atoms with E-state index >= 15 is 0 Å². The highest BCUT2D eigenvalue weighted by Gasteiger charge is 2.25. The molecule has 0 amide bonds. The van der Waals surface area contributed by atoms with Gasteiger partial charge in [0.2, 0.25) is 10.0 Å². The zero-order valence-electron chi connectivity index (χ0n) is 18.5. The summed E-state index contributed by atoms with van der Waals surface area (Å²) in [6.07, 6.45) is 5.42. The van der Waals surface area contributed by atoms with Crippen LogP contribution in [0.5, 0.6) is 0 Å². The van der Waals surface area contributed by atoms with Gasteiger partial charge in [0.1, 0.15) is 5.69 Å². The van der Waals surface area contributed by atoms with E-state index in [4.69, 9.17) is 10.7 Å². The van der Waals surface area contributed by atoms with Gasteiger partial charge in [-0.2, -0.15) is 0 Å². The smallest absolute Gasteiger partial charge is 0.240 e. The molecule has 3 aromatic rings. The summed E-state index contributed by atoms with van der Waals surface area (Å²) < 4.78 is 28.9. The number of hydrogen-bond acceptors (Lipinski definition) is 8. The Kier molecular flexibility index (Phi) is 6.57. The lowest BCUT2D eigenvalue weighted by Gasteiger charge is -2.23. The van der Waals surface area contributed by atoms with Crippen molar-refractivity contribution in [1.82, 2.24) is 24.6 Å². The topological polar surface area (TPSA) is 114 Å². The molecule has 1 atom stereocenters. The summed E-state index contributed by atoms with van der Waals surface area (Å²) >= 11 is 1.49. The Labute approximate surface area is 193 Å². The van der Waals surface area contributed by atoms with Gasteiger partial charge in [0.15, 0.2) is 5.82 Å². The molecule has 32 heavy (non-hydrogen) atoms. The molecule has 1 aromatic carbocycles. The maximum absolute atomic E-state index is 13.0. The van der Waals surface area contributed by atoms with E-state index in [2.05, 4.69) is 26.5 Å². The Balaban J connectivity index is 1.63. The van der Waals surface area contributed by atoms with Crippen LogP contribution in [-0.4, -0.2) is 53.9 Å². The van der Waals surface area contributed by atoms with Crippen molar-refractivity contribution in [2.45, 2.75) is 44.6 Å². The third kappa shape index (κ3) is 4.68. The minimum Gasteiger partial charge on any atom is -0.382 e. The van der Waals surface area contributed by atoms with Gasteiger partial charge < -0.3 is 5.73 Å². The number of hydrogen-bond donors (Lipinski definition) is 2. The number of likely N-dealkylation sites (tertiary alicyclic amines) is 1. The number of rotatable bonds is 7. The van der Waals surface area contributed by atoms with Gasteiger partial charge in [-0.15, -0.1) is 11.3 Å². The van der Waals surface area contributed by atoms with Gasteiger partial charge in [-0.1, -0.05) is 13.0 Å². The molecule has 170 valence electrons. The molecule has 1 saturated heterocycles. The van der Waals surface area contributed by atoms with Gasteiger partial charge in [0.25, 0.3) is 0 Å². The summed E-state index contributed by atoms with van der Waals surface area (Å²) in [6.45, 7) is 8.31. The van der Waals surface area contributed by atoms with Gasteiger partial charge in [0.05, 0.1) is 26.7 Å². The van der Waals surface area contributed by atoms with E-state index in [1.165, 1.54) is 11.3 Å². The van der Waals surface area contributed by atoms with Crippen molar-refractivity contribution in [2.24, 2.45) is 0 Å². The predicted molar refractivity (Wildman–Crippen MR) is 128 cm³/mol. The van der Waals surface area contributed by atoms with Crippen LogP contribution in [0.3, 0.4) is 0 Å². The SMILES string of the molecule is CCN1CCC[C@@H]1CNS(=O)(=O)c1ccc(C)c(-c2cnc(N)c(-c3cnc(C)s3)n2)c1. The summed E-state index contributed by atoms with van der Waals surface area (Å²) in [5.41, 5.74) is 8.80. The molecular formula is C22H28N6O2S2. The minimum absolute atomic E-state index is 0.216. The van der Waals surface area contributed by atoms with Gasteiger partial charge in [-0.3, -0.25) is 4.90 Å². The fourth-order valence-corrected chi connectivity index (χ4v) is 5.93. The highest BCUT2D eigenvalue weighted by atomic mass is 32.2. The maximum Gasteiger partial charge on any atom is 0.240 e. The minimum atomic E-state index is -3.65. The Morgan fingerprint density at radius 2 is 2.06 bits per heavy atom. The highest BCUT2D eigenvalue weighted by Crippen LogP contribution is 2.31. The first-order valence-corrected chi connectivity index (χ1v) is 13.0. The van der Waals surface area contributed by atoms with Crippen molar-refractivity contribution in [3.8, 4) is 21.8 Å². The van der Waals surface area contributed by atoms with Crippen molar-refractivity contribution in [3.05, 3.63) is 41.2 Å². The summed E-state index contributed by atoms with van der Waals surface area (Å²) in [5, 5.41) is 0.908. The van der Waals surface area contributed by atoms with E-state index < -0.39 is 10.0 Å². The quantitative estimate of drug-likeness (QED) is 0.542. The van der Waals surface area contributed by atoms with Gasteiger partial charge >= 0.3 is 0 Å². The molecule has 8 nitrogen and oxygen atoms in total. The molecule has 3 heterocycles. The van der Waals surface area contributed by atoms with E-state index in [9.17, 15) is 8.42 Å². The molecule has 3 N–H and O–H groups in total. The number of nitrogens with zero attached hydrogens (tertiary/aromatic N) is 4. The number of likely N-dealkylation sites (N-methyl/N-ethyl adjacent to an activating group) is 1. The molecule has 0 spiro atoms. The average molecular weight is 473 g/mol. The largest absolute Gasteiger partial charge is 0.382 e. The Morgan fingerprint density at radius 3 is 2.78 bits per heavy atom. The second-order valence-electron chi connectivity index (χ2n) is 7.99. The Bertz CT molecular complexity index is 1220. The first-order valence-electron chi connectivity index (χ1n) is 10.7. The fraction of sp³-hybridized carbons (Fsp3) is 0.409. The highest BCUT2D eigenvalue weighted by molar-refractivity contribution is 7.89. The van der Waals surface area contributed by atoms with Crippen molar-refractivity contribution in [1.29, 1.82) is 0 Å². The molecule has 1 fully saturated rings. The van der Waals surface area contributed by atoms with E-state index in [0.29, 0.717) is 29.3 Å². The summed E-state index contributed by atoms with van der Waals surface area (Å²) in [4.78, 5) is 16.6. The molecule has 0 aliphatic carbocycles. The van der Waals surface area contributed by atoms with Gasteiger partial charge in [-0.05, 0) is 57.5 Å². The molecule has 0 bridgehead atoms. The molecule has 1 aliphatic heterocycles. The van der Waals surface area contributed by atoms with Crippen molar-refractivity contribution >= 4 is 27.2 Å². The van der Waals surface area contributed by atoms with Gasteiger partial charge in [0, 0.05) is 24.3 Å². The number of nitrogens with two attached hydrogens (primary N) is 1. The van der Waals surface area contributed by atoms with Crippen LogP contribution in [0.25, 0.3) is 21.8 Å². The number of nitrogen functional groups attached to an aromatic ring is 1. The second kappa shape index (κ2) is 9.22. The first-order chi connectivity index (χ1) is 15.3. The Hall–Kier alpha value is -2.40. The summed E-state index contributed by atoms with van der Waals surface area (Å²) in [7, 11) is -3.65. The van der Waals surface area contributed by atoms with Crippen LogP contribution in [0, 0.1) is 13.8 Å². The van der Waals surface area contributed by atoms with Crippen molar-refractivity contribution < 1.29 is 8.42 Å². The zero-order chi connectivity index (χ0) is 22.9.